The van der Waals surface area contributed by atoms with Gasteiger partial charge in [0.1, 0.15) is 0 Å². The fraction of sp³-hybridized carbons (Fsp3) is 0.778. The first kappa shape index (κ1) is 26.3. The van der Waals surface area contributed by atoms with E-state index in [2.05, 4.69) is 0 Å². The number of hydrogen-bond acceptors (Lipinski definition) is 8. The number of rotatable bonds is 15. The molecule has 28 heavy (non-hydrogen) atoms. The second-order valence-electron chi connectivity index (χ2n) is 6.70. The zero-order valence-electron chi connectivity index (χ0n) is 17.5. The zero-order chi connectivity index (χ0) is 21.4. The highest BCUT2D eigenvalue weighted by Crippen LogP contribution is 2.11. The van der Waals surface area contributed by atoms with Gasteiger partial charge in [0.05, 0.1) is 0 Å². The van der Waals surface area contributed by atoms with Gasteiger partial charge in [0.2, 0.25) is 12.6 Å². The van der Waals surface area contributed by atoms with E-state index in [1.165, 1.54) is 52.6 Å². The fourth-order valence-corrected chi connectivity index (χ4v) is 6.07. The van der Waals surface area contributed by atoms with Gasteiger partial charge < -0.3 is 18.9 Å². The Bertz CT molecular complexity index is 422. The molecule has 162 valence electrons. The predicted octanol–water partition coefficient (Wildman–Crippen LogP) is 1.46. The monoisotopic (exact) mass is 434 g/mol. The molecule has 0 saturated carbocycles. The lowest BCUT2D eigenvalue weighted by Crippen LogP contribution is -2.22. The maximum atomic E-state index is 11.0. The Morgan fingerprint density at radius 1 is 0.571 bits per heavy atom. The van der Waals surface area contributed by atoms with Gasteiger partial charge in [0.15, 0.2) is 0 Å². The van der Waals surface area contributed by atoms with Crippen molar-refractivity contribution in [1.29, 1.82) is 0 Å². The smallest absolute Gasteiger partial charge is 0.305 e. The summed E-state index contributed by atoms with van der Waals surface area (Å²) in [4.78, 5) is 44.0. The quantitative estimate of drug-likeness (QED) is 0.165. The molecule has 0 N–H and O–H groups in total. The Morgan fingerprint density at radius 3 is 1.11 bits per heavy atom. The molecule has 0 unspecified atom stereocenters. The molecule has 0 aromatic heterocycles. The van der Waals surface area contributed by atoms with Gasteiger partial charge in [-0.05, 0) is 0 Å². The Morgan fingerprint density at radius 2 is 0.857 bits per heavy atom. The summed E-state index contributed by atoms with van der Waals surface area (Å²) in [6, 6.07) is 4.36. The van der Waals surface area contributed by atoms with Crippen LogP contribution < -0.4 is 0 Å². The van der Waals surface area contributed by atoms with E-state index in [9.17, 15) is 19.2 Å². The number of carbonyl (C=O) groups is 4. The summed E-state index contributed by atoms with van der Waals surface area (Å²) in [5.74, 6) is -1.77. The molecule has 0 atom stereocenters. The van der Waals surface area contributed by atoms with E-state index in [-0.39, 0.29) is 19.0 Å². The molecule has 8 nitrogen and oxygen atoms in total. The molecule has 0 aromatic carbocycles. The summed E-state index contributed by atoms with van der Waals surface area (Å²) in [6.07, 6.45) is 2.02. The Balaban J connectivity index is 3.71. The van der Waals surface area contributed by atoms with Crippen molar-refractivity contribution in [3.8, 4) is 0 Å². The van der Waals surface area contributed by atoms with Gasteiger partial charge in [-0.1, -0.05) is 37.0 Å². The van der Waals surface area contributed by atoms with Crippen LogP contribution in [0.2, 0.25) is 24.2 Å². The zero-order valence-corrected chi connectivity index (χ0v) is 20.3. The molecule has 0 aliphatic carbocycles. The van der Waals surface area contributed by atoms with Crippen LogP contribution in [0.3, 0.4) is 0 Å². The fourth-order valence-electron chi connectivity index (χ4n) is 2.71. The topological polar surface area (TPSA) is 105 Å². The number of carbonyl (C=O) groups excluding carboxylic acids is 4. The van der Waals surface area contributed by atoms with Gasteiger partial charge in [0, 0.05) is 59.6 Å². The predicted molar refractivity (Wildman–Crippen MR) is 109 cm³/mol. The van der Waals surface area contributed by atoms with Crippen molar-refractivity contribution in [3.63, 3.8) is 0 Å². The normalized spacial score (nSPS) is 11.5. The van der Waals surface area contributed by atoms with Crippen LogP contribution >= 0.6 is 0 Å². The molecule has 0 amide bonds. The van der Waals surface area contributed by atoms with Gasteiger partial charge >= 0.3 is 23.9 Å². The molecule has 0 aromatic rings. The highest BCUT2D eigenvalue weighted by Gasteiger charge is 2.15. The third-order valence-electron chi connectivity index (χ3n) is 3.82. The molecule has 0 aliphatic rings. The summed E-state index contributed by atoms with van der Waals surface area (Å²) in [6.45, 7) is 5.22. The van der Waals surface area contributed by atoms with Gasteiger partial charge in [0.25, 0.3) is 0 Å². The standard InChI is InChI=1S/C18H34O8Si2/c1-13(19)23-17(24-14(2)20)7-11-27-9-5-6-10-28-12-8-18(25-15(3)21)26-16(4)22/h17-18H,5-12,27-28H2,1-4H3. The number of esters is 4. The Hall–Kier alpha value is -1.69. The van der Waals surface area contributed by atoms with Gasteiger partial charge in [-0.3, -0.25) is 19.2 Å². The van der Waals surface area contributed by atoms with Crippen molar-refractivity contribution in [2.24, 2.45) is 0 Å². The maximum Gasteiger partial charge on any atom is 0.305 e. The minimum Gasteiger partial charge on any atom is -0.425 e. The number of unbranched alkanes of at least 4 members (excludes halogenated alkanes) is 1. The van der Waals surface area contributed by atoms with Crippen LogP contribution in [-0.4, -0.2) is 55.5 Å². The van der Waals surface area contributed by atoms with E-state index >= 15 is 0 Å². The van der Waals surface area contributed by atoms with Crippen LogP contribution in [0.1, 0.15) is 53.4 Å². The highest BCUT2D eigenvalue weighted by atomic mass is 28.2. The van der Waals surface area contributed by atoms with Crippen molar-refractivity contribution in [2.75, 3.05) is 0 Å². The second-order valence-corrected chi connectivity index (χ2v) is 10.9. The lowest BCUT2D eigenvalue weighted by molar-refractivity contribution is -0.187. The third kappa shape index (κ3) is 17.7. The van der Waals surface area contributed by atoms with Crippen LogP contribution in [0.5, 0.6) is 0 Å². The molecule has 0 fully saturated rings. The third-order valence-corrected chi connectivity index (χ3v) is 7.64. The van der Waals surface area contributed by atoms with Gasteiger partial charge in [-0.25, -0.2) is 0 Å². The van der Waals surface area contributed by atoms with Crippen molar-refractivity contribution in [1.82, 2.24) is 0 Å². The summed E-state index contributed by atoms with van der Waals surface area (Å²) < 4.78 is 19.9. The van der Waals surface area contributed by atoms with E-state index in [0.717, 1.165) is 12.1 Å². The minimum atomic E-state index is -0.753. The molecule has 0 spiro atoms. The van der Waals surface area contributed by atoms with Crippen LogP contribution in [-0.2, 0) is 38.1 Å². The molecule has 0 bridgehead atoms. The maximum absolute atomic E-state index is 11.0. The van der Waals surface area contributed by atoms with E-state index < -0.39 is 36.5 Å². The molecular weight excluding hydrogens is 400 g/mol. The summed E-state index contributed by atoms with van der Waals surface area (Å²) in [5.41, 5.74) is 0. The lowest BCUT2D eigenvalue weighted by atomic mass is 10.4. The van der Waals surface area contributed by atoms with E-state index in [4.69, 9.17) is 18.9 Å². The minimum absolute atomic E-state index is 0.259. The van der Waals surface area contributed by atoms with Gasteiger partial charge in [-0.2, -0.15) is 0 Å². The van der Waals surface area contributed by atoms with Crippen molar-refractivity contribution in [3.05, 3.63) is 0 Å². The summed E-state index contributed by atoms with van der Waals surface area (Å²) in [7, 11) is -0.519. The van der Waals surface area contributed by atoms with E-state index in [1.807, 2.05) is 0 Å². The lowest BCUT2D eigenvalue weighted by Gasteiger charge is -2.16. The van der Waals surface area contributed by atoms with E-state index in [0.29, 0.717) is 12.8 Å². The average Bonchev–Trinajstić information content (AvgIpc) is 2.54. The number of hydrogen-bond donors (Lipinski definition) is 0. The van der Waals surface area contributed by atoms with Crippen LogP contribution in [0, 0.1) is 0 Å². The second kappa shape index (κ2) is 16.3. The highest BCUT2D eigenvalue weighted by molar-refractivity contribution is 6.36. The number of ether oxygens (including phenoxy) is 4. The Kier molecular flexibility index (Phi) is 15.3. The summed E-state index contributed by atoms with van der Waals surface area (Å²) in [5, 5.41) is 0. The molecule has 0 heterocycles. The first-order valence-electron chi connectivity index (χ1n) is 9.89. The molecule has 0 aliphatic heterocycles. The van der Waals surface area contributed by atoms with E-state index in [1.54, 1.807) is 0 Å². The SMILES string of the molecule is CC(=O)OC(CC[SiH2]CCCC[SiH2]CCC(OC(C)=O)OC(C)=O)OC(C)=O. The molecule has 0 saturated heterocycles. The van der Waals surface area contributed by atoms with Crippen LogP contribution in [0.15, 0.2) is 0 Å². The van der Waals surface area contributed by atoms with Crippen molar-refractivity contribution >= 4 is 42.9 Å². The Labute approximate surface area is 171 Å². The van der Waals surface area contributed by atoms with Gasteiger partial charge in [-0.15, -0.1) is 0 Å². The van der Waals surface area contributed by atoms with Crippen LogP contribution in [0.25, 0.3) is 0 Å². The van der Waals surface area contributed by atoms with Crippen molar-refractivity contribution in [2.45, 2.75) is 90.1 Å². The average molecular weight is 435 g/mol. The summed E-state index contributed by atoms with van der Waals surface area (Å²) >= 11 is 0. The molecule has 10 heteroatoms. The molecular formula is C18H34O8Si2. The first-order valence-corrected chi connectivity index (χ1v) is 13.9. The van der Waals surface area contributed by atoms with Crippen LogP contribution in [0.4, 0.5) is 0 Å². The first-order chi connectivity index (χ1) is 13.2. The molecule has 0 radical (unpaired) electrons. The largest absolute Gasteiger partial charge is 0.425 e. The van der Waals surface area contributed by atoms with Crippen molar-refractivity contribution < 1.29 is 38.1 Å². The molecule has 0 rings (SSSR count).